The van der Waals surface area contributed by atoms with Crippen LogP contribution in [-0.2, 0) is 9.59 Å². The lowest BCUT2D eigenvalue weighted by molar-refractivity contribution is -0.385. The van der Waals surface area contributed by atoms with Crippen LogP contribution in [0.2, 0.25) is 0 Å². The number of anilines is 1. The molecule has 1 aliphatic heterocycles. The SMILES string of the molecule is COc1ccc(C)cc1/C(O)=C1\C(=O)C(=O)N(c2ccc(C#N)cc2)C1c1ccc(O)c([N+](=O)[O-])c1. The quantitative estimate of drug-likeness (QED) is 0.180. The number of hydrogen-bond acceptors (Lipinski definition) is 8. The molecular formula is C26H19N3O7. The number of nitro benzene ring substituents is 1. The van der Waals surface area contributed by atoms with Gasteiger partial charge in [0.2, 0.25) is 0 Å². The van der Waals surface area contributed by atoms with Crippen molar-refractivity contribution in [3.8, 4) is 17.6 Å². The van der Waals surface area contributed by atoms with Gasteiger partial charge in [-0.25, -0.2) is 0 Å². The Hall–Kier alpha value is -5.17. The van der Waals surface area contributed by atoms with Crippen molar-refractivity contribution in [1.82, 2.24) is 0 Å². The lowest BCUT2D eigenvalue weighted by Gasteiger charge is -2.25. The number of Topliss-reactive ketones (excluding diaryl/α,β-unsaturated/α-hetero) is 1. The molecule has 0 aromatic heterocycles. The van der Waals surface area contributed by atoms with Gasteiger partial charge in [-0.05, 0) is 55.0 Å². The summed E-state index contributed by atoms with van der Waals surface area (Å²) < 4.78 is 5.33. The molecule has 180 valence electrons. The Kier molecular flexibility index (Phi) is 6.15. The second kappa shape index (κ2) is 9.23. The van der Waals surface area contributed by atoms with E-state index in [4.69, 9.17) is 10.00 Å². The van der Waals surface area contributed by atoms with E-state index in [1.54, 1.807) is 25.1 Å². The molecule has 36 heavy (non-hydrogen) atoms. The van der Waals surface area contributed by atoms with E-state index in [0.717, 1.165) is 22.6 Å². The first-order valence-corrected chi connectivity index (χ1v) is 10.6. The highest BCUT2D eigenvalue weighted by Crippen LogP contribution is 2.44. The summed E-state index contributed by atoms with van der Waals surface area (Å²) in [5.74, 6) is -2.86. The normalized spacial score (nSPS) is 16.6. The molecule has 0 bridgehead atoms. The third-order valence-electron chi connectivity index (χ3n) is 5.84. The number of aryl methyl sites for hydroxylation is 1. The van der Waals surface area contributed by atoms with Crippen LogP contribution >= 0.6 is 0 Å². The van der Waals surface area contributed by atoms with Crippen LogP contribution < -0.4 is 9.64 Å². The molecule has 2 N–H and O–H groups in total. The molecule has 3 aromatic rings. The van der Waals surface area contributed by atoms with Gasteiger partial charge in [0.05, 0.1) is 40.8 Å². The molecule has 0 saturated carbocycles. The minimum atomic E-state index is -1.28. The number of phenolic OH excluding ortho intramolecular Hbond substituents is 1. The Morgan fingerprint density at radius 1 is 1.11 bits per heavy atom. The van der Waals surface area contributed by atoms with Crippen LogP contribution in [0.1, 0.15) is 28.3 Å². The van der Waals surface area contributed by atoms with Gasteiger partial charge >= 0.3 is 5.69 Å². The van der Waals surface area contributed by atoms with Crippen LogP contribution in [0.5, 0.6) is 11.5 Å². The molecule has 1 atom stereocenters. The van der Waals surface area contributed by atoms with E-state index in [1.165, 1.54) is 37.4 Å². The van der Waals surface area contributed by atoms with Gasteiger partial charge < -0.3 is 14.9 Å². The maximum atomic E-state index is 13.3. The summed E-state index contributed by atoms with van der Waals surface area (Å²) >= 11 is 0. The average Bonchev–Trinajstić information content (AvgIpc) is 3.14. The van der Waals surface area contributed by atoms with Crippen LogP contribution in [0.25, 0.3) is 5.76 Å². The monoisotopic (exact) mass is 485 g/mol. The topological polar surface area (TPSA) is 154 Å². The number of hydrogen-bond donors (Lipinski definition) is 2. The predicted molar refractivity (Wildman–Crippen MR) is 128 cm³/mol. The molecule has 1 fully saturated rings. The summed E-state index contributed by atoms with van der Waals surface area (Å²) in [7, 11) is 1.39. The number of aliphatic hydroxyl groups is 1. The van der Waals surface area contributed by atoms with Crippen LogP contribution in [0.4, 0.5) is 11.4 Å². The standard InChI is InChI=1S/C26H19N3O7/c1-14-3-10-21(36-2)18(11-14)24(31)22-23(16-6-9-20(30)19(12-16)29(34)35)28(26(33)25(22)32)17-7-4-15(13-27)5-8-17/h3-12,23,30-31H,1-2H3/b24-22+. The van der Waals surface area contributed by atoms with Gasteiger partial charge in [-0.1, -0.05) is 17.7 Å². The minimum absolute atomic E-state index is 0.108. The molecule has 1 unspecified atom stereocenters. The van der Waals surface area contributed by atoms with E-state index >= 15 is 0 Å². The first kappa shape index (κ1) is 24.0. The molecule has 1 aliphatic rings. The van der Waals surface area contributed by atoms with Gasteiger partial charge in [0.1, 0.15) is 11.5 Å². The zero-order chi connectivity index (χ0) is 26.1. The number of benzene rings is 3. The van der Waals surface area contributed by atoms with E-state index in [0.29, 0.717) is 5.56 Å². The first-order chi connectivity index (χ1) is 17.2. The Labute approximate surface area is 205 Å². The van der Waals surface area contributed by atoms with Gasteiger partial charge in [0, 0.05) is 11.8 Å². The zero-order valence-electron chi connectivity index (χ0n) is 19.1. The van der Waals surface area contributed by atoms with Crippen LogP contribution in [0.15, 0.2) is 66.2 Å². The summed E-state index contributed by atoms with van der Waals surface area (Å²) in [6, 6.07) is 14.9. The number of nitrogens with zero attached hydrogens (tertiary/aromatic N) is 3. The van der Waals surface area contributed by atoms with E-state index < -0.39 is 39.9 Å². The highest BCUT2D eigenvalue weighted by atomic mass is 16.6. The number of carbonyl (C=O) groups is 2. The lowest BCUT2D eigenvalue weighted by atomic mass is 9.94. The maximum Gasteiger partial charge on any atom is 0.311 e. The number of phenols is 1. The number of methoxy groups -OCH3 is 1. The highest BCUT2D eigenvalue weighted by Gasteiger charge is 2.47. The number of amides is 1. The fourth-order valence-electron chi connectivity index (χ4n) is 4.12. The van der Waals surface area contributed by atoms with Gasteiger partial charge in [-0.3, -0.25) is 24.6 Å². The highest BCUT2D eigenvalue weighted by molar-refractivity contribution is 6.51. The van der Waals surface area contributed by atoms with E-state index in [1.807, 2.05) is 6.07 Å². The number of ether oxygens (including phenoxy) is 1. The number of aromatic hydroxyl groups is 1. The third kappa shape index (κ3) is 3.99. The van der Waals surface area contributed by atoms with Crippen molar-refractivity contribution >= 4 is 28.8 Å². The van der Waals surface area contributed by atoms with Crippen molar-refractivity contribution in [1.29, 1.82) is 5.26 Å². The van der Waals surface area contributed by atoms with Crippen LogP contribution in [-0.4, -0.2) is 33.9 Å². The van der Waals surface area contributed by atoms with Gasteiger partial charge in [0.15, 0.2) is 5.75 Å². The molecule has 1 saturated heterocycles. The number of carbonyl (C=O) groups excluding carboxylic acids is 2. The molecule has 0 aliphatic carbocycles. The van der Waals surface area contributed by atoms with Gasteiger partial charge in [-0.2, -0.15) is 5.26 Å². The van der Waals surface area contributed by atoms with Crippen molar-refractivity contribution in [2.75, 3.05) is 12.0 Å². The minimum Gasteiger partial charge on any atom is -0.507 e. The van der Waals surface area contributed by atoms with Crippen molar-refractivity contribution in [2.24, 2.45) is 0 Å². The Morgan fingerprint density at radius 2 is 1.81 bits per heavy atom. The Morgan fingerprint density at radius 3 is 2.42 bits per heavy atom. The van der Waals surface area contributed by atoms with Crippen molar-refractivity contribution in [3.05, 3.63) is 98.6 Å². The molecule has 0 spiro atoms. The average molecular weight is 485 g/mol. The number of ketones is 1. The third-order valence-corrected chi connectivity index (χ3v) is 5.84. The molecular weight excluding hydrogens is 466 g/mol. The first-order valence-electron chi connectivity index (χ1n) is 10.6. The Balaban J connectivity index is 2.02. The second-order valence-electron chi connectivity index (χ2n) is 8.04. The molecule has 0 radical (unpaired) electrons. The van der Waals surface area contributed by atoms with Crippen LogP contribution in [0, 0.1) is 28.4 Å². The number of nitriles is 1. The number of aliphatic hydroxyl groups excluding tert-OH is 1. The number of rotatable bonds is 5. The predicted octanol–water partition coefficient (Wildman–Crippen LogP) is 4.12. The van der Waals surface area contributed by atoms with Crippen LogP contribution in [0.3, 0.4) is 0 Å². The fourth-order valence-corrected chi connectivity index (χ4v) is 4.12. The van der Waals surface area contributed by atoms with Crippen molar-refractivity contribution < 1.29 is 29.5 Å². The summed E-state index contributed by atoms with van der Waals surface area (Å²) in [5, 5.41) is 41.9. The summed E-state index contributed by atoms with van der Waals surface area (Å²) in [4.78, 5) is 38.3. The van der Waals surface area contributed by atoms with Crippen molar-refractivity contribution in [3.63, 3.8) is 0 Å². The lowest BCUT2D eigenvalue weighted by Crippen LogP contribution is -2.29. The molecule has 10 nitrogen and oxygen atoms in total. The molecule has 10 heteroatoms. The summed E-state index contributed by atoms with van der Waals surface area (Å²) in [5.41, 5.74) is 0.614. The molecule has 1 heterocycles. The van der Waals surface area contributed by atoms with E-state index in [9.17, 15) is 29.9 Å². The maximum absolute atomic E-state index is 13.3. The fraction of sp³-hybridized carbons (Fsp3) is 0.115. The van der Waals surface area contributed by atoms with E-state index in [-0.39, 0.29) is 28.1 Å². The van der Waals surface area contributed by atoms with Crippen molar-refractivity contribution in [2.45, 2.75) is 13.0 Å². The summed E-state index contributed by atoms with van der Waals surface area (Å²) in [6.45, 7) is 1.77. The van der Waals surface area contributed by atoms with Gasteiger partial charge in [0.25, 0.3) is 11.7 Å². The summed E-state index contributed by atoms with van der Waals surface area (Å²) in [6.07, 6.45) is 0. The number of nitro groups is 1. The van der Waals surface area contributed by atoms with Gasteiger partial charge in [-0.15, -0.1) is 0 Å². The zero-order valence-corrected chi connectivity index (χ0v) is 19.1. The van der Waals surface area contributed by atoms with E-state index in [2.05, 4.69) is 0 Å². The molecule has 4 rings (SSSR count). The molecule has 3 aromatic carbocycles. The molecule has 1 amide bonds. The second-order valence-corrected chi connectivity index (χ2v) is 8.04. The largest absolute Gasteiger partial charge is 0.507 e. The Bertz CT molecular complexity index is 1490. The smallest absolute Gasteiger partial charge is 0.311 e.